The molecular formula is C27H23Cl2NO6S. The summed E-state index contributed by atoms with van der Waals surface area (Å²) >= 11 is 13.3. The lowest BCUT2D eigenvalue weighted by atomic mass is 10.1. The van der Waals surface area contributed by atoms with E-state index in [4.69, 9.17) is 42.1 Å². The van der Waals surface area contributed by atoms with E-state index in [9.17, 15) is 9.59 Å². The molecule has 1 saturated heterocycles. The van der Waals surface area contributed by atoms with Gasteiger partial charge in [0.1, 0.15) is 13.2 Å². The van der Waals surface area contributed by atoms with E-state index in [1.165, 1.54) is 7.11 Å². The Morgan fingerprint density at radius 2 is 1.59 bits per heavy atom. The van der Waals surface area contributed by atoms with Crippen LogP contribution in [0.5, 0.6) is 23.0 Å². The fraction of sp³-hybridized carbons (Fsp3) is 0.185. The first-order chi connectivity index (χ1) is 17.9. The van der Waals surface area contributed by atoms with E-state index in [1.54, 1.807) is 49.6 Å². The van der Waals surface area contributed by atoms with Crippen LogP contribution < -0.4 is 18.9 Å². The molecule has 2 amide bonds. The normalized spacial score (nSPS) is 14.3. The summed E-state index contributed by atoms with van der Waals surface area (Å²) in [5, 5.41) is 0.571. The number of ether oxygens (including phenoxy) is 4. The summed E-state index contributed by atoms with van der Waals surface area (Å²) in [6.45, 7) is 0.495. The Kier molecular flexibility index (Phi) is 8.87. The largest absolute Gasteiger partial charge is 0.493 e. The van der Waals surface area contributed by atoms with Gasteiger partial charge in [-0.25, -0.2) is 0 Å². The van der Waals surface area contributed by atoms with Crippen molar-refractivity contribution in [2.75, 3.05) is 27.4 Å². The first-order valence-electron chi connectivity index (χ1n) is 11.2. The number of hydrogen-bond acceptors (Lipinski definition) is 7. The molecule has 3 aromatic carbocycles. The molecule has 0 unspecified atom stereocenters. The Morgan fingerprint density at radius 3 is 2.30 bits per heavy atom. The van der Waals surface area contributed by atoms with Gasteiger partial charge in [0.05, 0.1) is 30.7 Å². The maximum atomic E-state index is 12.9. The molecule has 0 atom stereocenters. The highest BCUT2D eigenvalue weighted by molar-refractivity contribution is 8.18. The molecule has 1 fully saturated rings. The molecule has 0 saturated carbocycles. The molecule has 0 N–H and O–H groups in total. The topological polar surface area (TPSA) is 74.3 Å². The van der Waals surface area contributed by atoms with E-state index in [1.807, 2.05) is 24.3 Å². The molecule has 0 aliphatic carbocycles. The lowest BCUT2D eigenvalue weighted by molar-refractivity contribution is -0.123. The Bertz CT molecular complexity index is 1330. The molecule has 0 radical (unpaired) electrons. The SMILES string of the molecule is COc1ccccc1OCCN1C(=O)S/C(=C\c2cc(Cl)c(OCc3ccc(Cl)cc3)c(OC)c2)C1=O. The van der Waals surface area contributed by atoms with Crippen molar-refractivity contribution >= 4 is 52.2 Å². The number of nitrogens with zero attached hydrogens (tertiary/aromatic N) is 1. The minimum absolute atomic E-state index is 0.0988. The van der Waals surface area contributed by atoms with Gasteiger partial charge >= 0.3 is 0 Å². The Hall–Kier alpha value is -3.33. The van der Waals surface area contributed by atoms with Crippen molar-refractivity contribution in [1.82, 2.24) is 4.90 Å². The molecule has 4 rings (SSSR count). The number of methoxy groups -OCH3 is 2. The Balaban J connectivity index is 1.43. The minimum atomic E-state index is -0.406. The predicted octanol–water partition coefficient (Wildman–Crippen LogP) is 6.70. The number of carbonyl (C=O) groups is 2. The van der Waals surface area contributed by atoms with Crippen molar-refractivity contribution in [2.24, 2.45) is 0 Å². The van der Waals surface area contributed by atoms with Crippen molar-refractivity contribution < 1.29 is 28.5 Å². The third kappa shape index (κ3) is 6.52. The van der Waals surface area contributed by atoms with Crippen molar-refractivity contribution in [1.29, 1.82) is 0 Å². The summed E-state index contributed by atoms with van der Waals surface area (Å²) < 4.78 is 22.3. The fourth-order valence-electron chi connectivity index (χ4n) is 3.53. The molecule has 1 aliphatic rings. The average Bonchev–Trinajstić information content (AvgIpc) is 3.16. The van der Waals surface area contributed by atoms with Crippen LogP contribution in [-0.2, 0) is 11.4 Å². The highest BCUT2D eigenvalue weighted by atomic mass is 35.5. The number of thioether (sulfide) groups is 1. The molecule has 0 spiro atoms. The van der Waals surface area contributed by atoms with Crippen LogP contribution in [0.25, 0.3) is 6.08 Å². The highest BCUT2D eigenvalue weighted by Crippen LogP contribution is 2.39. The van der Waals surface area contributed by atoms with Crippen molar-refractivity contribution in [2.45, 2.75) is 6.61 Å². The highest BCUT2D eigenvalue weighted by Gasteiger charge is 2.35. The zero-order chi connectivity index (χ0) is 26.4. The van der Waals surface area contributed by atoms with Gasteiger partial charge in [0.25, 0.3) is 11.1 Å². The molecule has 192 valence electrons. The van der Waals surface area contributed by atoms with Gasteiger partial charge in [0, 0.05) is 5.02 Å². The zero-order valence-corrected chi connectivity index (χ0v) is 22.4. The van der Waals surface area contributed by atoms with Crippen LogP contribution in [0, 0.1) is 0 Å². The monoisotopic (exact) mass is 559 g/mol. The zero-order valence-electron chi connectivity index (χ0n) is 20.0. The Morgan fingerprint density at radius 1 is 0.892 bits per heavy atom. The van der Waals surface area contributed by atoms with E-state index in [0.717, 1.165) is 22.2 Å². The summed E-state index contributed by atoms with van der Waals surface area (Å²) in [6.07, 6.45) is 1.60. The van der Waals surface area contributed by atoms with Gasteiger partial charge in [-0.05, 0) is 65.4 Å². The predicted molar refractivity (Wildman–Crippen MR) is 145 cm³/mol. The molecule has 10 heteroatoms. The van der Waals surface area contributed by atoms with Crippen LogP contribution in [-0.4, -0.2) is 43.4 Å². The molecular weight excluding hydrogens is 537 g/mol. The molecule has 3 aromatic rings. The second-order valence-electron chi connectivity index (χ2n) is 7.78. The van der Waals surface area contributed by atoms with Crippen LogP contribution in [0.15, 0.2) is 65.6 Å². The summed E-state index contributed by atoms with van der Waals surface area (Å²) in [5.41, 5.74) is 1.51. The number of rotatable bonds is 10. The van der Waals surface area contributed by atoms with Crippen molar-refractivity contribution in [3.8, 4) is 23.0 Å². The third-order valence-corrected chi connectivity index (χ3v) is 6.80. The first kappa shape index (κ1) is 26.7. The van der Waals surface area contributed by atoms with Crippen LogP contribution in [0.1, 0.15) is 11.1 Å². The van der Waals surface area contributed by atoms with E-state index in [-0.39, 0.29) is 29.9 Å². The van der Waals surface area contributed by atoms with Crippen molar-refractivity contribution in [3.63, 3.8) is 0 Å². The van der Waals surface area contributed by atoms with E-state index >= 15 is 0 Å². The number of halogens is 2. The number of benzene rings is 3. The number of para-hydroxylation sites is 2. The van der Waals surface area contributed by atoms with E-state index < -0.39 is 5.91 Å². The maximum Gasteiger partial charge on any atom is 0.293 e. The van der Waals surface area contributed by atoms with Gasteiger partial charge in [-0.2, -0.15) is 0 Å². The average molecular weight is 560 g/mol. The smallest absolute Gasteiger partial charge is 0.293 e. The first-order valence-corrected chi connectivity index (χ1v) is 12.7. The lowest BCUT2D eigenvalue weighted by Crippen LogP contribution is -2.32. The van der Waals surface area contributed by atoms with Crippen LogP contribution in [0.3, 0.4) is 0 Å². The third-order valence-electron chi connectivity index (χ3n) is 5.36. The van der Waals surface area contributed by atoms with Crippen LogP contribution in [0.4, 0.5) is 4.79 Å². The maximum absolute atomic E-state index is 12.9. The summed E-state index contributed by atoms with van der Waals surface area (Å²) in [6, 6.07) is 17.8. The fourth-order valence-corrected chi connectivity index (χ4v) is 4.79. The molecule has 1 aliphatic heterocycles. The number of hydrogen-bond donors (Lipinski definition) is 0. The molecule has 1 heterocycles. The minimum Gasteiger partial charge on any atom is -0.493 e. The standard InChI is InChI=1S/C27H23Cl2NO6S/c1-33-21-5-3-4-6-22(21)35-12-11-30-26(31)24(37-27(30)32)15-18-13-20(29)25(23(14-18)34-2)36-16-17-7-9-19(28)10-8-17/h3-10,13-15H,11-12,16H2,1-2H3/b24-15-. The van der Waals surface area contributed by atoms with E-state index in [0.29, 0.717) is 38.6 Å². The lowest BCUT2D eigenvalue weighted by Gasteiger charge is -2.15. The van der Waals surface area contributed by atoms with E-state index in [2.05, 4.69) is 0 Å². The number of imide groups is 1. The van der Waals surface area contributed by atoms with Crippen molar-refractivity contribution in [3.05, 3.63) is 86.7 Å². The quantitative estimate of drug-likeness (QED) is 0.255. The summed E-state index contributed by atoms with van der Waals surface area (Å²) in [7, 11) is 3.04. The second kappa shape index (κ2) is 12.3. The van der Waals surface area contributed by atoms with Gasteiger partial charge in [-0.1, -0.05) is 47.5 Å². The Labute approximate surface area is 228 Å². The summed E-state index contributed by atoms with van der Waals surface area (Å²) in [5.74, 6) is 1.47. The molecule has 7 nitrogen and oxygen atoms in total. The molecule has 0 aromatic heterocycles. The van der Waals surface area contributed by atoms with Gasteiger partial charge in [-0.3, -0.25) is 14.5 Å². The molecule has 37 heavy (non-hydrogen) atoms. The van der Waals surface area contributed by atoms with Gasteiger partial charge in [-0.15, -0.1) is 0 Å². The number of amides is 2. The second-order valence-corrected chi connectivity index (χ2v) is 9.62. The van der Waals surface area contributed by atoms with Crippen LogP contribution in [0.2, 0.25) is 10.0 Å². The molecule has 0 bridgehead atoms. The van der Waals surface area contributed by atoms with Gasteiger partial charge < -0.3 is 18.9 Å². The number of carbonyl (C=O) groups excluding carboxylic acids is 2. The van der Waals surface area contributed by atoms with Gasteiger partial charge in [0.2, 0.25) is 0 Å². The van der Waals surface area contributed by atoms with Crippen LogP contribution >= 0.6 is 35.0 Å². The van der Waals surface area contributed by atoms with Gasteiger partial charge in [0.15, 0.2) is 23.0 Å². The summed E-state index contributed by atoms with van der Waals surface area (Å²) in [4.78, 5) is 26.8.